The number of hydrogen-bond acceptors (Lipinski definition) is 4. The van der Waals surface area contributed by atoms with Crippen LogP contribution in [0.1, 0.15) is 66.6 Å². The van der Waals surface area contributed by atoms with Crippen molar-refractivity contribution in [3.8, 4) is 0 Å². The van der Waals surface area contributed by atoms with Gasteiger partial charge in [0.25, 0.3) is 5.91 Å². The number of nitrogens with one attached hydrogen (secondary N) is 2. The molecule has 1 saturated carbocycles. The topological polar surface area (TPSA) is 50.4 Å². The van der Waals surface area contributed by atoms with Gasteiger partial charge in [-0.15, -0.1) is 11.3 Å². The number of benzene rings is 1. The van der Waals surface area contributed by atoms with E-state index in [-0.39, 0.29) is 17.5 Å². The van der Waals surface area contributed by atoms with Crippen LogP contribution in [0.25, 0.3) is 10.1 Å². The zero-order chi connectivity index (χ0) is 19.1. The third kappa shape index (κ3) is 3.38. The monoisotopic (exact) mass is 398 g/mol. The lowest BCUT2D eigenvalue weighted by Crippen LogP contribution is -2.59. The quantitative estimate of drug-likeness (QED) is 0.800. The summed E-state index contributed by atoms with van der Waals surface area (Å²) in [6.45, 7) is 5.05. The summed E-state index contributed by atoms with van der Waals surface area (Å²) in [5.41, 5.74) is 1.56. The van der Waals surface area contributed by atoms with Crippen LogP contribution in [0.15, 0.2) is 24.3 Å². The van der Waals surface area contributed by atoms with Gasteiger partial charge in [-0.25, -0.2) is 0 Å². The van der Waals surface area contributed by atoms with Crippen LogP contribution in [0.4, 0.5) is 0 Å². The number of thiophene rings is 1. The molecule has 2 saturated heterocycles. The normalized spacial score (nSPS) is 27.2. The van der Waals surface area contributed by atoms with E-state index < -0.39 is 0 Å². The highest BCUT2D eigenvalue weighted by Crippen LogP contribution is 2.45. The van der Waals surface area contributed by atoms with E-state index in [1.807, 2.05) is 0 Å². The van der Waals surface area contributed by atoms with E-state index in [9.17, 15) is 4.79 Å². The third-order valence-electron chi connectivity index (χ3n) is 7.12. The van der Waals surface area contributed by atoms with Crippen LogP contribution in [0, 0.1) is 5.92 Å². The van der Waals surface area contributed by atoms with Crippen LogP contribution in [0.3, 0.4) is 0 Å². The van der Waals surface area contributed by atoms with Gasteiger partial charge in [-0.05, 0) is 73.6 Å². The maximum absolute atomic E-state index is 13.1. The highest BCUT2D eigenvalue weighted by atomic mass is 32.1. The van der Waals surface area contributed by atoms with Crippen molar-refractivity contribution >= 4 is 27.3 Å². The Hall–Kier alpha value is -1.43. The molecule has 28 heavy (non-hydrogen) atoms. The lowest BCUT2D eigenvalue weighted by Gasteiger charge is -2.39. The summed E-state index contributed by atoms with van der Waals surface area (Å²) < 4.78 is 6.73. The molecule has 1 aliphatic carbocycles. The summed E-state index contributed by atoms with van der Waals surface area (Å²) in [6.07, 6.45) is 6.86. The lowest BCUT2D eigenvalue weighted by atomic mass is 9.83. The fourth-order valence-electron chi connectivity index (χ4n) is 5.21. The van der Waals surface area contributed by atoms with Gasteiger partial charge in [0, 0.05) is 23.5 Å². The first-order valence-electron chi connectivity index (χ1n) is 10.9. The second kappa shape index (κ2) is 7.43. The van der Waals surface area contributed by atoms with Crippen molar-refractivity contribution in [1.82, 2.24) is 10.6 Å². The second-order valence-corrected chi connectivity index (χ2v) is 9.87. The zero-order valence-corrected chi connectivity index (χ0v) is 17.4. The van der Waals surface area contributed by atoms with Gasteiger partial charge in [0.05, 0.1) is 10.9 Å². The maximum atomic E-state index is 13.1. The molecular formula is C23H30N2O2S. The van der Waals surface area contributed by atoms with Gasteiger partial charge < -0.3 is 15.4 Å². The molecule has 4 nitrogen and oxygen atoms in total. The molecule has 1 spiro atoms. The van der Waals surface area contributed by atoms with Crippen molar-refractivity contribution in [1.29, 1.82) is 0 Å². The zero-order valence-electron chi connectivity index (χ0n) is 16.6. The van der Waals surface area contributed by atoms with Crippen LogP contribution in [0.2, 0.25) is 0 Å². The Balaban J connectivity index is 1.35. The van der Waals surface area contributed by atoms with Gasteiger partial charge in [-0.2, -0.15) is 0 Å². The van der Waals surface area contributed by atoms with Crippen molar-refractivity contribution in [3.05, 3.63) is 34.7 Å². The van der Waals surface area contributed by atoms with Crippen molar-refractivity contribution in [3.63, 3.8) is 0 Å². The summed E-state index contributed by atoms with van der Waals surface area (Å²) in [4.78, 5) is 13.9. The number of hydrogen-bond donors (Lipinski definition) is 2. The summed E-state index contributed by atoms with van der Waals surface area (Å²) in [5.74, 6) is 1.28. The van der Waals surface area contributed by atoms with Gasteiger partial charge in [0.2, 0.25) is 0 Å². The summed E-state index contributed by atoms with van der Waals surface area (Å²) in [6, 6.07) is 9.06. The molecule has 0 bridgehead atoms. The van der Waals surface area contributed by atoms with E-state index in [0.717, 1.165) is 50.3 Å². The summed E-state index contributed by atoms with van der Waals surface area (Å²) in [5, 5.41) is 8.29. The molecule has 2 aromatic rings. The van der Waals surface area contributed by atoms with Crippen LogP contribution < -0.4 is 10.6 Å². The Kier molecular flexibility index (Phi) is 4.93. The van der Waals surface area contributed by atoms with Gasteiger partial charge in [-0.1, -0.05) is 25.5 Å². The molecular weight excluding hydrogens is 368 g/mol. The maximum Gasteiger partial charge on any atom is 0.261 e. The standard InChI is InChI=1S/C23H30N2O2S/c1-2-15-5-10-24-23(8-9-23)21(15)25-22(26)20-14-18-4-3-17(13-19(18)28-20)16-6-11-27-12-7-16/h3-4,13-16,21,24H,2,5-12H2,1H3,(H,25,26). The predicted octanol–water partition coefficient (Wildman–Crippen LogP) is 4.45. The number of carbonyl (C=O) groups excluding carboxylic acids is 1. The molecule has 3 heterocycles. The largest absolute Gasteiger partial charge is 0.381 e. The Morgan fingerprint density at radius 3 is 2.82 bits per heavy atom. The molecule has 2 atom stereocenters. The van der Waals surface area contributed by atoms with Gasteiger partial charge in [0.1, 0.15) is 0 Å². The number of ether oxygens (including phenoxy) is 1. The Bertz CT molecular complexity index is 867. The van der Waals surface area contributed by atoms with Crippen molar-refractivity contribution < 1.29 is 9.53 Å². The van der Waals surface area contributed by atoms with E-state index in [1.165, 1.54) is 28.5 Å². The molecule has 150 valence electrons. The average molecular weight is 399 g/mol. The third-order valence-corrected chi connectivity index (χ3v) is 8.22. The predicted molar refractivity (Wildman–Crippen MR) is 114 cm³/mol. The van der Waals surface area contributed by atoms with Crippen LogP contribution in [-0.4, -0.2) is 37.2 Å². The van der Waals surface area contributed by atoms with Crippen LogP contribution >= 0.6 is 11.3 Å². The van der Waals surface area contributed by atoms with E-state index >= 15 is 0 Å². The fourth-order valence-corrected chi connectivity index (χ4v) is 6.22. The van der Waals surface area contributed by atoms with E-state index in [0.29, 0.717) is 11.8 Å². The highest BCUT2D eigenvalue weighted by Gasteiger charge is 2.53. The summed E-state index contributed by atoms with van der Waals surface area (Å²) >= 11 is 1.64. The van der Waals surface area contributed by atoms with Crippen molar-refractivity contribution in [2.24, 2.45) is 5.92 Å². The smallest absolute Gasteiger partial charge is 0.261 e. The number of carbonyl (C=O) groups is 1. The van der Waals surface area contributed by atoms with E-state index in [4.69, 9.17) is 4.74 Å². The number of rotatable bonds is 4. The fraction of sp³-hybridized carbons (Fsp3) is 0.609. The SMILES string of the molecule is CCC1CCNC2(CC2)C1NC(=O)c1cc2ccc(C3CCOCC3)cc2s1. The molecule has 0 radical (unpaired) electrons. The van der Waals surface area contributed by atoms with Crippen LogP contribution in [0.5, 0.6) is 0 Å². The first-order valence-corrected chi connectivity index (χ1v) is 11.7. The van der Waals surface area contributed by atoms with E-state index in [2.05, 4.69) is 41.8 Å². The van der Waals surface area contributed by atoms with Gasteiger partial charge in [-0.3, -0.25) is 4.79 Å². The van der Waals surface area contributed by atoms with Crippen molar-refractivity contribution in [2.45, 2.75) is 62.9 Å². The number of piperidine rings is 1. The average Bonchev–Trinajstić information content (AvgIpc) is 3.36. The van der Waals surface area contributed by atoms with Crippen molar-refractivity contribution in [2.75, 3.05) is 19.8 Å². The minimum atomic E-state index is 0.104. The lowest BCUT2D eigenvalue weighted by molar-refractivity contribution is 0.0853. The molecule has 2 aliphatic heterocycles. The molecule has 3 fully saturated rings. The molecule has 2 N–H and O–H groups in total. The molecule has 5 heteroatoms. The minimum Gasteiger partial charge on any atom is -0.381 e. The number of fused-ring (bicyclic) bond motifs is 1. The molecule has 5 rings (SSSR count). The highest BCUT2D eigenvalue weighted by molar-refractivity contribution is 7.20. The second-order valence-electron chi connectivity index (χ2n) is 8.79. The molecule has 2 unspecified atom stereocenters. The molecule has 1 aromatic heterocycles. The Morgan fingerprint density at radius 2 is 2.07 bits per heavy atom. The molecule has 1 aromatic carbocycles. The Labute approximate surface area is 171 Å². The van der Waals surface area contributed by atoms with Gasteiger partial charge >= 0.3 is 0 Å². The first kappa shape index (κ1) is 18.6. The molecule has 1 amide bonds. The molecule has 3 aliphatic rings. The van der Waals surface area contributed by atoms with Gasteiger partial charge in [0.15, 0.2) is 0 Å². The minimum absolute atomic E-state index is 0.104. The Morgan fingerprint density at radius 1 is 1.25 bits per heavy atom. The number of amides is 1. The summed E-state index contributed by atoms with van der Waals surface area (Å²) in [7, 11) is 0. The first-order chi connectivity index (χ1) is 13.7. The van der Waals surface area contributed by atoms with Crippen LogP contribution in [-0.2, 0) is 4.74 Å². The van der Waals surface area contributed by atoms with E-state index in [1.54, 1.807) is 11.3 Å².